The van der Waals surface area contributed by atoms with E-state index in [9.17, 15) is 0 Å². The fourth-order valence-electron chi connectivity index (χ4n) is 1.68. The van der Waals surface area contributed by atoms with Crippen LogP contribution < -0.4 is 10.6 Å². The third-order valence-electron chi connectivity index (χ3n) is 2.56. The number of nitrogens with zero attached hydrogens (tertiary/aromatic N) is 2. The lowest BCUT2D eigenvalue weighted by atomic mass is 9.89. The fourth-order valence-corrected chi connectivity index (χ4v) is 1.68. The SMILES string of the molecule is CNc1cc(NC2CC(O)C2)nc(C)n1. The zero-order valence-corrected chi connectivity index (χ0v) is 8.99. The summed E-state index contributed by atoms with van der Waals surface area (Å²) in [6.45, 7) is 1.86. The molecule has 3 N–H and O–H groups in total. The molecule has 1 aromatic heterocycles. The highest BCUT2D eigenvalue weighted by atomic mass is 16.3. The fraction of sp³-hybridized carbons (Fsp3) is 0.600. The van der Waals surface area contributed by atoms with E-state index < -0.39 is 0 Å². The summed E-state index contributed by atoms with van der Waals surface area (Å²) in [6, 6.07) is 2.22. The van der Waals surface area contributed by atoms with Crippen LogP contribution in [0.3, 0.4) is 0 Å². The second kappa shape index (κ2) is 4.02. The lowest BCUT2D eigenvalue weighted by Gasteiger charge is -2.32. The molecule has 5 heteroatoms. The highest BCUT2D eigenvalue weighted by Gasteiger charge is 2.27. The quantitative estimate of drug-likeness (QED) is 0.684. The summed E-state index contributed by atoms with van der Waals surface area (Å²) in [4.78, 5) is 8.49. The Morgan fingerprint density at radius 3 is 2.60 bits per heavy atom. The van der Waals surface area contributed by atoms with Crippen LogP contribution in [-0.4, -0.2) is 34.3 Å². The van der Waals surface area contributed by atoms with Gasteiger partial charge in [-0.25, -0.2) is 9.97 Å². The molecule has 0 aliphatic heterocycles. The summed E-state index contributed by atoms with van der Waals surface area (Å²) in [5.41, 5.74) is 0. The molecule has 0 saturated heterocycles. The van der Waals surface area contributed by atoms with E-state index in [-0.39, 0.29) is 6.10 Å². The molecule has 0 amide bonds. The average molecular weight is 208 g/mol. The topological polar surface area (TPSA) is 70.1 Å². The molecule has 2 rings (SSSR count). The standard InChI is InChI=1S/C10H16N4O/c1-6-12-9(11-2)5-10(13-6)14-7-3-8(15)4-7/h5,7-8,15H,3-4H2,1-2H3,(H2,11,12,13,14). The monoisotopic (exact) mass is 208 g/mol. The van der Waals surface area contributed by atoms with Gasteiger partial charge in [-0.2, -0.15) is 0 Å². The first-order valence-corrected chi connectivity index (χ1v) is 5.15. The molecule has 1 saturated carbocycles. The van der Waals surface area contributed by atoms with Gasteiger partial charge in [0.25, 0.3) is 0 Å². The van der Waals surface area contributed by atoms with Crippen LogP contribution in [0.1, 0.15) is 18.7 Å². The molecule has 1 aromatic rings. The van der Waals surface area contributed by atoms with E-state index in [1.807, 2.05) is 20.0 Å². The van der Waals surface area contributed by atoms with Gasteiger partial charge in [-0.15, -0.1) is 0 Å². The Morgan fingerprint density at radius 2 is 2.00 bits per heavy atom. The first-order valence-electron chi connectivity index (χ1n) is 5.15. The molecule has 1 fully saturated rings. The molecule has 1 heterocycles. The van der Waals surface area contributed by atoms with Gasteiger partial charge in [-0.05, 0) is 19.8 Å². The second-order valence-electron chi connectivity index (χ2n) is 3.90. The van der Waals surface area contributed by atoms with Crippen molar-refractivity contribution in [2.75, 3.05) is 17.7 Å². The van der Waals surface area contributed by atoms with Crippen molar-refractivity contribution in [3.8, 4) is 0 Å². The second-order valence-corrected chi connectivity index (χ2v) is 3.90. The summed E-state index contributed by atoms with van der Waals surface area (Å²) in [5.74, 6) is 2.37. The minimum atomic E-state index is -0.144. The third kappa shape index (κ3) is 2.36. The van der Waals surface area contributed by atoms with Crippen LogP contribution in [0, 0.1) is 6.92 Å². The number of nitrogens with one attached hydrogen (secondary N) is 2. The Bertz CT molecular complexity index is 349. The van der Waals surface area contributed by atoms with Gasteiger partial charge in [0, 0.05) is 19.2 Å². The molecular weight excluding hydrogens is 192 g/mol. The van der Waals surface area contributed by atoms with E-state index in [0.29, 0.717) is 6.04 Å². The molecule has 1 aliphatic carbocycles. The molecule has 82 valence electrons. The Balaban J connectivity index is 2.04. The van der Waals surface area contributed by atoms with Crippen molar-refractivity contribution in [3.63, 3.8) is 0 Å². The van der Waals surface area contributed by atoms with Gasteiger partial charge in [0.05, 0.1) is 6.10 Å². The molecule has 5 nitrogen and oxygen atoms in total. The summed E-state index contributed by atoms with van der Waals surface area (Å²) in [6.07, 6.45) is 1.46. The van der Waals surface area contributed by atoms with Crippen molar-refractivity contribution in [1.82, 2.24) is 9.97 Å². The van der Waals surface area contributed by atoms with E-state index in [4.69, 9.17) is 5.11 Å². The molecule has 0 spiro atoms. The van der Waals surface area contributed by atoms with E-state index in [1.165, 1.54) is 0 Å². The lowest BCUT2D eigenvalue weighted by Crippen LogP contribution is -2.39. The minimum absolute atomic E-state index is 0.144. The lowest BCUT2D eigenvalue weighted by molar-refractivity contribution is 0.0835. The average Bonchev–Trinajstić information content (AvgIpc) is 2.14. The molecular formula is C10H16N4O. The maximum atomic E-state index is 9.17. The van der Waals surface area contributed by atoms with Crippen molar-refractivity contribution >= 4 is 11.6 Å². The number of hydrogen-bond donors (Lipinski definition) is 3. The molecule has 1 aliphatic rings. The van der Waals surface area contributed by atoms with Crippen molar-refractivity contribution in [1.29, 1.82) is 0 Å². The Kier molecular flexibility index (Phi) is 2.73. The Hall–Kier alpha value is -1.36. The summed E-state index contributed by atoms with van der Waals surface area (Å²) in [5, 5.41) is 15.4. The van der Waals surface area contributed by atoms with Gasteiger partial charge < -0.3 is 15.7 Å². The van der Waals surface area contributed by atoms with Gasteiger partial charge in [-0.3, -0.25) is 0 Å². The zero-order valence-electron chi connectivity index (χ0n) is 8.99. The van der Waals surface area contributed by atoms with Crippen LogP contribution in [0.4, 0.5) is 11.6 Å². The van der Waals surface area contributed by atoms with Crippen molar-refractivity contribution in [2.45, 2.75) is 31.9 Å². The number of hydrogen-bond acceptors (Lipinski definition) is 5. The Labute approximate surface area is 88.9 Å². The van der Waals surface area contributed by atoms with Gasteiger partial charge in [0.2, 0.25) is 0 Å². The van der Waals surface area contributed by atoms with Crippen LogP contribution in [0.15, 0.2) is 6.07 Å². The van der Waals surface area contributed by atoms with Crippen LogP contribution in [-0.2, 0) is 0 Å². The van der Waals surface area contributed by atoms with Crippen LogP contribution in [0.2, 0.25) is 0 Å². The van der Waals surface area contributed by atoms with E-state index in [0.717, 1.165) is 30.3 Å². The predicted octanol–water partition coefficient (Wildman–Crippen LogP) is 0.762. The summed E-state index contributed by atoms with van der Waals surface area (Å²) < 4.78 is 0. The van der Waals surface area contributed by atoms with Crippen LogP contribution in [0.25, 0.3) is 0 Å². The number of anilines is 2. The highest BCUT2D eigenvalue weighted by Crippen LogP contribution is 2.23. The van der Waals surface area contributed by atoms with E-state index >= 15 is 0 Å². The maximum absolute atomic E-state index is 9.17. The van der Waals surface area contributed by atoms with Gasteiger partial charge in [0.15, 0.2) is 0 Å². The number of aliphatic hydroxyl groups excluding tert-OH is 1. The Morgan fingerprint density at radius 1 is 1.33 bits per heavy atom. The van der Waals surface area contributed by atoms with Gasteiger partial charge >= 0.3 is 0 Å². The summed E-state index contributed by atoms with van der Waals surface area (Å²) in [7, 11) is 1.83. The van der Waals surface area contributed by atoms with Crippen molar-refractivity contribution in [3.05, 3.63) is 11.9 Å². The van der Waals surface area contributed by atoms with Crippen molar-refractivity contribution < 1.29 is 5.11 Å². The third-order valence-corrected chi connectivity index (χ3v) is 2.56. The van der Waals surface area contributed by atoms with E-state index in [2.05, 4.69) is 20.6 Å². The van der Waals surface area contributed by atoms with Crippen molar-refractivity contribution in [2.24, 2.45) is 0 Å². The first-order chi connectivity index (χ1) is 7.17. The van der Waals surface area contributed by atoms with Gasteiger partial charge in [-0.1, -0.05) is 0 Å². The first kappa shape index (κ1) is 10.2. The van der Waals surface area contributed by atoms with Gasteiger partial charge in [0.1, 0.15) is 17.5 Å². The van der Waals surface area contributed by atoms with Crippen LogP contribution >= 0.6 is 0 Å². The minimum Gasteiger partial charge on any atom is -0.393 e. The zero-order chi connectivity index (χ0) is 10.8. The van der Waals surface area contributed by atoms with E-state index in [1.54, 1.807) is 0 Å². The molecule has 0 aromatic carbocycles. The number of aliphatic hydroxyl groups is 1. The number of aromatic nitrogens is 2. The van der Waals surface area contributed by atoms with Crippen LogP contribution in [0.5, 0.6) is 0 Å². The molecule has 0 radical (unpaired) electrons. The normalized spacial score (nSPS) is 24.5. The highest BCUT2D eigenvalue weighted by molar-refractivity contribution is 5.47. The predicted molar refractivity (Wildman–Crippen MR) is 59.0 cm³/mol. The number of rotatable bonds is 3. The molecule has 0 unspecified atom stereocenters. The molecule has 0 atom stereocenters. The molecule has 15 heavy (non-hydrogen) atoms. The maximum Gasteiger partial charge on any atom is 0.132 e. The largest absolute Gasteiger partial charge is 0.393 e. The smallest absolute Gasteiger partial charge is 0.132 e. The molecule has 0 bridgehead atoms. The number of aryl methyl sites for hydroxylation is 1. The summed E-state index contributed by atoms with van der Waals surface area (Å²) >= 11 is 0.